The summed E-state index contributed by atoms with van der Waals surface area (Å²) in [5.41, 5.74) is 2.27. The van der Waals surface area contributed by atoms with Crippen LogP contribution < -0.4 is 0 Å². The molecular formula is C16H24N4O2. The number of carbonyl (C=O) groups excluding carboxylic acids is 1. The lowest BCUT2D eigenvalue weighted by atomic mass is 10.1. The van der Waals surface area contributed by atoms with Gasteiger partial charge in [0.05, 0.1) is 17.9 Å². The second-order valence-corrected chi connectivity index (χ2v) is 5.94. The van der Waals surface area contributed by atoms with E-state index in [1.165, 1.54) is 0 Å². The Kier molecular flexibility index (Phi) is 5.13. The van der Waals surface area contributed by atoms with Crippen molar-refractivity contribution in [2.75, 3.05) is 26.8 Å². The molecule has 120 valence electrons. The minimum absolute atomic E-state index is 0.0107. The van der Waals surface area contributed by atoms with Gasteiger partial charge >= 0.3 is 0 Å². The Labute approximate surface area is 131 Å². The summed E-state index contributed by atoms with van der Waals surface area (Å²) in [6.45, 7) is 7.93. The molecule has 0 unspecified atom stereocenters. The predicted molar refractivity (Wildman–Crippen MR) is 85.9 cm³/mol. The second-order valence-electron chi connectivity index (χ2n) is 5.94. The van der Waals surface area contributed by atoms with E-state index in [1.807, 2.05) is 24.9 Å². The van der Waals surface area contributed by atoms with Crippen LogP contribution in [0.3, 0.4) is 0 Å². The number of amides is 1. The first kappa shape index (κ1) is 16.4. The summed E-state index contributed by atoms with van der Waals surface area (Å²) in [6.07, 6.45) is 1.63. The average molecular weight is 304 g/mol. The van der Waals surface area contributed by atoms with Gasteiger partial charge in [0.15, 0.2) is 5.65 Å². The van der Waals surface area contributed by atoms with Gasteiger partial charge < -0.3 is 9.64 Å². The number of fused-ring (bicyclic) bond motifs is 1. The first-order chi connectivity index (χ1) is 10.4. The number of aryl methyl sites for hydroxylation is 2. The third kappa shape index (κ3) is 3.44. The van der Waals surface area contributed by atoms with Crippen molar-refractivity contribution >= 4 is 16.9 Å². The van der Waals surface area contributed by atoms with E-state index in [1.54, 1.807) is 18.0 Å². The number of carbonyl (C=O) groups is 1. The number of methoxy groups -OCH3 is 1. The standard InChI is InChI=1S/C16H24N4O2/c1-11(2)10-20(6-7-22-5)16(21)13-8-14-12(3)18-19(4)15(14)17-9-13/h8-9,11H,6-7,10H2,1-5H3. The van der Waals surface area contributed by atoms with Crippen LogP contribution in [-0.2, 0) is 11.8 Å². The summed E-state index contributed by atoms with van der Waals surface area (Å²) in [5, 5.41) is 5.26. The number of hydrogen-bond donors (Lipinski definition) is 0. The van der Waals surface area contributed by atoms with Gasteiger partial charge in [-0.25, -0.2) is 4.98 Å². The molecule has 0 aliphatic carbocycles. The van der Waals surface area contributed by atoms with Crippen molar-refractivity contribution in [1.29, 1.82) is 0 Å². The van der Waals surface area contributed by atoms with E-state index in [4.69, 9.17) is 4.74 Å². The zero-order chi connectivity index (χ0) is 16.3. The molecule has 0 aromatic carbocycles. The van der Waals surface area contributed by atoms with E-state index in [0.717, 1.165) is 16.7 Å². The largest absolute Gasteiger partial charge is 0.383 e. The van der Waals surface area contributed by atoms with Crippen molar-refractivity contribution in [3.05, 3.63) is 23.5 Å². The number of nitrogens with zero attached hydrogens (tertiary/aromatic N) is 4. The molecule has 0 aliphatic rings. The first-order valence-corrected chi connectivity index (χ1v) is 7.51. The maximum atomic E-state index is 12.8. The molecular weight excluding hydrogens is 280 g/mol. The fourth-order valence-electron chi connectivity index (χ4n) is 2.53. The highest BCUT2D eigenvalue weighted by atomic mass is 16.5. The monoisotopic (exact) mass is 304 g/mol. The fourth-order valence-corrected chi connectivity index (χ4v) is 2.53. The van der Waals surface area contributed by atoms with E-state index in [9.17, 15) is 4.79 Å². The Morgan fingerprint density at radius 2 is 2.18 bits per heavy atom. The molecule has 6 nitrogen and oxygen atoms in total. The second kappa shape index (κ2) is 6.87. The Balaban J connectivity index is 2.31. The Hall–Kier alpha value is -1.95. The van der Waals surface area contributed by atoms with Crippen molar-refractivity contribution < 1.29 is 9.53 Å². The highest BCUT2D eigenvalue weighted by Gasteiger charge is 2.18. The SMILES string of the molecule is COCCN(CC(C)C)C(=O)c1cnc2c(c1)c(C)nn2C. The normalized spacial score (nSPS) is 11.4. The van der Waals surface area contributed by atoms with E-state index < -0.39 is 0 Å². The molecule has 22 heavy (non-hydrogen) atoms. The molecule has 0 aliphatic heterocycles. The molecule has 0 saturated carbocycles. The molecule has 0 spiro atoms. The summed E-state index contributed by atoms with van der Waals surface area (Å²) < 4.78 is 6.84. The Bertz CT molecular complexity index is 663. The van der Waals surface area contributed by atoms with Crippen LogP contribution in [0, 0.1) is 12.8 Å². The number of rotatable bonds is 6. The van der Waals surface area contributed by atoms with Gasteiger partial charge in [0.25, 0.3) is 5.91 Å². The molecule has 0 saturated heterocycles. The molecule has 1 amide bonds. The first-order valence-electron chi connectivity index (χ1n) is 7.51. The molecule has 2 heterocycles. The summed E-state index contributed by atoms with van der Waals surface area (Å²) in [5.74, 6) is 0.390. The number of ether oxygens (including phenoxy) is 1. The van der Waals surface area contributed by atoms with Gasteiger partial charge in [0, 0.05) is 38.8 Å². The fraction of sp³-hybridized carbons (Fsp3) is 0.562. The number of pyridine rings is 1. The van der Waals surface area contributed by atoms with Gasteiger partial charge in [-0.15, -0.1) is 0 Å². The summed E-state index contributed by atoms with van der Waals surface area (Å²) in [4.78, 5) is 19.0. The van der Waals surface area contributed by atoms with Gasteiger partial charge in [-0.2, -0.15) is 5.10 Å². The topological polar surface area (TPSA) is 60.2 Å². The van der Waals surface area contributed by atoms with Crippen molar-refractivity contribution in [3.63, 3.8) is 0 Å². The summed E-state index contributed by atoms with van der Waals surface area (Å²) >= 11 is 0. The Morgan fingerprint density at radius 1 is 1.45 bits per heavy atom. The average Bonchev–Trinajstić information content (AvgIpc) is 2.77. The molecule has 0 atom stereocenters. The maximum Gasteiger partial charge on any atom is 0.255 e. The van der Waals surface area contributed by atoms with Gasteiger partial charge in [-0.3, -0.25) is 9.48 Å². The lowest BCUT2D eigenvalue weighted by Gasteiger charge is -2.24. The van der Waals surface area contributed by atoms with E-state index in [2.05, 4.69) is 23.9 Å². The van der Waals surface area contributed by atoms with Crippen LogP contribution >= 0.6 is 0 Å². The zero-order valence-electron chi connectivity index (χ0n) is 14.0. The minimum atomic E-state index is -0.0107. The number of aromatic nitrogens is 3. The van der Waals surface area contributed by atoms with Crippen molar-refractivity contribution in [3.8, 4) is 0 Å². The van der Waals surface area contributed by atoms with Crippen LogP contribution in [-0.4, -0.2) is 52.4 Å². The molecule has 2 aromatic rings. The third-order valence-corrected chi connectivity index (χ3v) is 3.55. The summed E-state index contributed by atoms with van der Waals surface area (Å²) in [6, 6.07) is 1.88. The van der Waals surface area contributed by atoms with Gasteiger partial charge in [0.1, 0.15) is 0 Å². The van der Waals surface area contributed by atoms with E-state index >= 15 is 0 Å². The molecule has 0 radical (unpaired) electrons. The molecule has 0 bridgehead atoms. The van der Waals surface area contributed by atoms with Crippen LogP contribution in [0.2, 0.25) is 0 Å². The van der Waals surface area contributed by atoms with Crippen LogP contribution in [0.1, 0.15) is 29.9 Å². The molecule has 0 N–H and O–H groups in total. The highest BCUT2D eigenvalue weighted by molar-refractivity contribution is 5.97. The minimum Gasteiger partial charge on any atom is -0.383 e. The predicted octanol–water partition coefficient (Wildman–Crippen LogP) is 2.02. The van der Waals surface area contributed by atoms with E-state index in [-0.39, 0.29) is 5.91 Å². The quantitative estimate of drug-likeness (QED) is 0.819. The van der Waals surface area contributed by atoms with Gasteiger partial charge in [0.2, 0.25) is 0 Å². The van der Waals surface area contributed by atoms with Crippen LogP contribution in [0.15, 0.2) is 12.3 Å². The van der Waals surface area contributed by atoms with Gasteiger partial charge in [-0.05, 0) is 18.9 Å². The van der Waals surface area contributed by atoms with Gasteiger partial charge in [-0.1, -0.05) is 13.8 Å². The molecule has 2 rings (SSSR count). The van der Waals surface area contributed by atoms with Crippen LogP contribution in [0.4, 0.5) is 0 Å². The third-order valence-electron chi connectivity index (χ3n) is 3.55. The molecule has 6 heteroatoms. The zero-order valence-corrected chi connectivity index (χ0v) is 14.0. The summed E-state index contributed by atoms with van der Waals surface area (Å²) in [7, 11) is 3.50. The lowest BCUT2D eigenvalue weighted by molar-refractivity contribution is 0.0672. The molecule has 0 fully saturated rings. The number of hydrogen-bond acceptors (Lipinski definition) is 4. The molecule has 2 aromatic heterocycles. The van der Waals surface area contributed by atoms with Crippen LogP contribution in [0.5, 0.6) is 0 Å². The van der Waals surface area contributed by atoms with Crippen LogP contribution in [0.25, 0.3) is 11.0 Å². The maximum absolute atomic E-state index is 12.8. The van der Waals surface area contributed by atoms with Crippen molar-refractivity contribution in [2.24, 2.45) is 13.0 Å². The van der Waals surface area contributed by atoms with Crippen molar-refractivity contribution in [1.82, 2.24) is 19.7 Å². The van der Waals surface area contributed by atoms with E-state index in [0.29, 0.717) is 31.2 Å². The lowest BCUT2D eigenvalue weighted by Crippen LogP contribution is -2.36. The van der Waals surface area contributed by atoms with Crippen molar-refractivity contribution in [2.45, 2.75) is 20.8 Å². The Morgan fingerprint density at radius 3 is 2.82 bits per heavy atom. The smallest absolute Gasteiger partial charge is 0.255 e. The highest BCUT2D eigenvalue weighted by Crippen LogP contribution is 2.18.